The van der Waals surface area contributed by atoms with Gasteiger partial charge in [0.1, 0.15) is 5.75 Å². The van der Waals surface area contributed by atoms with Crippen molar-refractivity contribution in [1.82, 2.24) is 0 Å². The summed E-state index contributed by atoms with van der Waals surface area (Å²) in [6.07, 6.45) is -1.42. The monoisotopic (exact) mass is 216 g/mol. The lowest BCUT2D eigenvalue weighted by Gasteiger charge is -2.10. The number of rotatable bonds is 2. The highest BCUT2D eigenvalue weighted by molar-refractivity contribution is 5.38. The van der Waals surface area contributed by atoms with Gasteiger partial charge >= 0.3 is 6.18 Å². The summed E-state index contributed by atoms with van der Waals surface area (Å²) in [6.45, 7) is 0. The van der Waals surface area contributed by atoms with Crippen molar-refractivity contribution < 1.29 is 18.3 Å². The number of hydrogen-bond donors (Lipinski definition) is 1. The minimum absolute atomic E-state index is 0.598. The molecule has 2 rings (SSSR count). The zero-order valence-corrected chi connectivity index (χ0v) is 8.01. The van der Waals surface area contributed by atoms with E-state index in [-0.39, 0.29) is 0 Å². The van der Waals surface area contributed by atoms with Gasteiger partial charge in [-0.3, -0.25) is 0 Å². The van der Waals surface area contributed by atoms with Crippen LogP contribution in [0.4, 0.5) is 13.2 Å². The first-order chi connectivity index (χ1) is 6.97. The molecule has 1 saturated carbocycles. The normalized spacial score (nSPS) is 16.7. The first-order valence-corrected chi connectivity index (χ1v) is 4.86. The Morgan fingerprint density at radius 2 is 1.93 bits per heavy atom. The Morgan fingerprint density at radius 3 is 2.40 bits per heavy atom. The minimum Gasteiger partial charge on any atom is -0.507 e. The summed E-state index contributed by atoms with van der Waals surface area (Å²) in [6, 6.07) is 3.62. The average Bonchev–Trinajstić information content (AvgIpc) is 2.85. The molecule has 1 aliphatic rings. The Balaban J connectivity index is 2.21. The first-order valence-electron chi connectivity index (χ1n) is 4.86. The fourth-order valence-corrected chi connectivity index (χ4v) is 1.60. The fourth-order valence-electron chi connectivity index (χ4n) is 1.60. The standard InChI is InChI=1S/C11H11F3O/c12-11(13,14)9-4-3-8(6-10(9)15)5-7-1-2-7/h3-4,6-7,15H,1-2,5H2. The molecule has 0 unspecified atom stereocenters. The van der Waals surface area contributed by atoms with E-state index >= 15 is 0 Å². The SMILES string of the molecule is Oc1cc(CC2CC2)ccc1C(F)(F)F. The minimum atomic E-state index is -4.47. The van der Waals surface area contributed by atoms with Crippen LogP contribution in [0, 0.1) is 5.92 Å². The van der Waals surface area contributed by atoms with Crippen LogP contribution in [0.1, 0.15) is 24.0 Å². The molecule has 1 N–H and O–H groups in total. The van der Waals surface area contributed by atoms with E-state index in [2.05, 4.69) is 0 Å². The third-order valence-electron chi connectivity index (χ3n) is 2.59. The van der Waals surface area contributed by atoms with E-state index in [1.165, 1.54) is 12.1 Å². The van der Waals surface area contributed by atoms with E-state index < -0.39 is 17.5 Å². The predicted octanol–water partition coefficient (Wildman–Crippen LogP) is 3.36. The van der Waals surface area contributed by atoms with Crippen molar-refractivity contribution in [3.8, 4) is 5.75 Å². The number of benzene rings is 1. The van der Waals surface area contributed by atoms with Crippen molar-refractivity contribution in [3.05, 3.63) is 29.3 Å². The second-order valence-electron chi connectivity index (χ2n) is 4.00. The van der Waals surface area contributed by atoms with Gasteiger partial charge < -0.3 is 5.11 Å². The second-order valence-corrected chi connectivity index (χ2v) is 4.00. The molecule has 0 bridgehead atoms. The summed E-state index contributed by atoms with van der Waals surface area (Å²) >= 11 is 0. The zero-order valence-electron chi connectivity index (χ0n) is 8.01. The van der Waals surface area contributed by atoms with Gasteiger partial charge in [-0.15, -0.1) is 0 Å². The molecule has 0 amide bonds. The van der Waals surface area contributed by atoms with Crippen LogP contribution >= 0.6 is 0 Å². The molecule has 1 aromatic rings. The molecule has 4 heteroatoms. The largest absolute Gasteiger partial charge is 0.507 e. The number of phenolic OH excluding ortho intramolecular Hbond substituents is 1. The molecule has 0 heterocycles. The Kier molecular flexibility index (Phi) is 2.37. The van der Waals surface area contributed by atoms with E-state index in [1.807, 2.05) is 0 Å². The van der Waals surface area contributed by atoms with Gasteiger partial charge in [-0.1, -0.05) is 6.07 Å². The molecule has 1 fully saturated rings. The topological polar surface area (TPSA) is 20.2 Å². The number of phenols is 1. The third kappa shape index (κ3) is 2.43. The highest BCUT2D eigenvalue weighted by atomic mass is 19.4. The molecule has 0 aliphatic heterocycles. The lowest BCUT2D eigenvalue weighted by Crippen LogP contribution is -2.05. The van der Waals surface area contributed by atoms with Crippen molar-refractivity contribution >= 4 is 0 Å². The molecule has 1 nitrogen and oxygen atoms in total. The van der Waals surface area contributed by atoms with Crippen LogP contribution in [0.2, 0.25) is 0 Å². The summed E-state index contributed by atoms with van der Waals surface area (Å²) in [5, 5.41) is 9.24. The Labute approximate surface area is 85.5 Å². The van der Waals surface area contributed by atoms with Crippen molar-refractivity contribution in [2.24, 2.45) is 5.92 Å². The molecule has 0 radical (unpaired) electrons. The molecule has 82 valence electrons. The smallest absolute Gasteiger partial charge is 0.419 e. The predicted molar refractivity (Wildman–Crippen MR) is 49.5 cm³/mol. The molecular weight excluding hydrogens is 205 g/mol. The van der Waals surface area contributed by atoms with E-state index in [9.17, 15) is 18.3 Å². The summed E-state index contributed by atoms with van der Waals surface area (Å²) in [4.78, 5) is 0. The lowest BCUT2D eigenvalue weighted by atomic mass is 10.1. The molecule has 0 aromatic heterocycles. The quantitative estimate of drug-likeness (QED) is 0.803. The molecule has 0 atom stereocenters. The van der Waals surface area contributed by atoms with E-state index in [1.54, 1.807) is 0 Å². The Hall–Kier alpha value is -1.19. The summed E-state index contributed by atoms with van der Waals surface area (Å²) in [5.41, 5.74) is -0.176. The van der Waals surface area contributed by atoms with Crippen LogP contribution in [0.15, 0.2) is 18.2 Å². The van der Waals surface area contributed by atoms with Crippen LogP contribution in [-0.2, 0) is 12.6 Å². The van der Waals surface area contributed by atoms with Crippen LogP contribution in [-0.4, -0.2) is 5.11 Å². The van der Waals surface area contributed by atoms with Crippen LogP contribution < -0.4 is 0 Å². The van der Waals surface area contributed by atoms with Crippen molar-refractivity contribution in [3.63, 3.8) is 0 Å². The van der Waals surface area contributed by atoms with Crippen molar-refractivity contribution in [2.45, 2.75) is 25.4 Å². The lowest BCUT2D eigenvalue weighted by molar-refractivity contribution is -0.138. The van der Waals surface area contributed by atoms with E-state index in [0.717, 1.165) is 30.9 Å². The highest BCUT2D eigenvalue weighted by Gasteiger charge is 2.34. The van der Waals surface area contributed by atoms with E-state index in [4.69, 9.17) is 0 Å². The molecule has 0 spiro atoms. The first kappa shape index (κ1) is 10.3. The summed E-state index contributed by atoms with van der Waals surface area (Å²) < 4.78 is 36.9. The maximum Gasteiger partial charge on any atom is 0.419 e. The molecule has 1 aliphatic carbocycles. The fraction of sp³-hybridized carbons (Fsp3) is 0.455. The molecule has 0 saturated heterocycles. The van der Waals surface area contributed by atoms with Gasteiger partial charge in [0, 0.05) is 0 Å². The second kappa shape index (κ2) is 3.43. The Morgan fingerprint density at radius 1 is 1.27 bits per heavy atom. The number of hydrogen-bond acceptors (Lipinski definition) is 1. The highest BCUT2D eigenvalue weighted by Crippen LogP contribution is 2.38. The van der Waals surface area contributed by atoms with Crippen LogP contribution in [0.25, 0.3) is 0 Å². The number of halogens is 3. The van der Waals surface area contributed by atoms with Crippen LogP contribution in [0.3, 0.4) is 0 Å². The van der Waals surface area contributed by atoms with Gasteiger partial charge in [0.15, 0.2) is 0 Å². The molecular formula is C11H11F3O. The van der Waals surface area contributed by atoms with Gasteiger partial charge in [-0.25, -0.2) is 0 Å². The van der Waals surface area contributed by atoms with Gasteiger partial charge in [-0.2, -0.15) is 13.2 Å². The van der Waals surface area contributed by atoms with Gasteiger partial charge in [0.25, 0.3) is 0 Å². The van der Waals surface area contributed by atoms with Crippen molar-refractivity contribution in [2.75, 3.05) is 0 Å². The average molecular weight is 216 g/mol. The van der Waals surface area contributed by atoms with Gasteiger partial charge in [0.05, 0.1) is 5.56 Å². The van der Waals surface area contributed by atoms with Crippen molar-refractivity contribution in [1.29, 1.82) is 0 Å². The summed E-state index contributed by atoms with van der Waals surface area (Å²) in [5.74, 6) is -0.0678. The number of alkyl halides is 3. The Bertz CT molecular complexity index is 367. The maximum atomic E-state index is 12.3. The van der Waals surface area contributed by atoms with Gasteiger partial charge in [-0.05, 0) is 42.9 Å². The third-order valence-corrected chi connectivity index (χ3v) is 2.59. The number of aromatic hydroxyl groups is 1. The molecule has 15 heavy (non-hydrogen) atoms. The summed E-state index contributed by atoms with van der Waals surface area (Å²) in [7, 11) is 0. The van der Waals surface area contributed by atoms with Crippen LogP contribution in [0.5, 0.6) is 5.75 Å². The maximum absolute atomic E-state index is 12.3. The van der Waals surface area contributed by atoms with E-state index in [0.29, 0.717) is 5.92 Å². The van der Waals surface area contributed by atoms with Gasteiger partial charge in [0.2, 0.25) is 0 Å². The molecule has 1 aromatic carbocycles. The zero-order chi connectivity index (χ0) is 11.1.